The summed E-state index contributed by atoms with van der Waals surface area (Å²) in [6, 6.07) is 8.28. The van der Waals surface area contributed by atoms with E-state index in [9.17, 15) is 13.6 Å². The molecule has 0 radical (unpaired) electrons. The van der Waals surface area contributed by atoms with Crippen molar-refractivity contribution in [1.82, 2.24) is 10.2 Å². The van der Waals surface area contributed by atoms with Gasteiger partial charge in [0, 0.05) is 37.8 Å². The maximum atomic E-state index is 13.3. The van der Waals surface area contributed by atoms with E-state index >= 15 is 0 Å². The van der Waals surface area contributed by atoms with Crippen LogP contribution in [0.2, 0.25) is 0 Å². The van der Waals surface area contributed by atoms with Crippen molar-refractivity contribution in [1.29, 1.82) is 0 Å². The van der Waals surface area contributed by atoms with E-state index in [0.717, 1.165) is 19.5 Å². The Morgan fingerprint density at radius 1 is 1.26 bits per heavy atom. The third-order valence-electron chi connectivity index (χ3n) is 5.25. The number of para-hydroxylation sites is 1. The molecule has 23 heavy (non-hydrogen) atoms. The number of nitrogens with zero attached hydrogens (tertiary/aromatic N) is 2. The summed E-state index contributed by atoms with van der Waals surface area (Å²) in [6.07, 6.45) is 1.51. The predicted molar refractivity (Wildman–Crippen MR) is 83.8 cm³/mol. The van der Waals surface area contributed by atoms with Gasteiger partial charge in [0.25, 0.3) is 5.92 Å². The Labute approximate surface area is 134 Å². The molecule has 0 bridgehead atoms. The average Bonchev–Trinajstić information content (AvgIpc) is 3.23. The summed E-state index contributed by atoms with van der Waals surface area (Å²) in [7, 11) is 0. The van der Waals surface area contributed by atoms with E-state index in [1.165, 1.54) is 16.2 Å². The number of alkyl halides is 2. The number of anilines is 1. The molecule has 1 aromatic rings. The molecule has 3 aliphatic rings. The fraction of sp³-hybridized carbons (Fsp3) is 0.588. The predicted octanol–water partition coefficient (Wildman–Crippen LogP) is 1.65. The van der Waals surface area contributed by atoms with Crippen LogP contribution in [0.1, 0.15) is 18.4 Å². The van der Waals surface area contributed by atoms with Gasteiger partial charge in [0.2, 0.25) is 5.91 Å². The molecule has 2 fully saturated rings. The first-order valence-corrected chi connectivity index (χ1v) is 8.28. The molecule has 0 aromatic heterocycles. The maximum Gasteiger partial charge on any atom is 0.267 e. The molecular weight excluding hydrogens is 300 g/mol. The highest BCUT2D eigenvalue weighted by atomic mass is 19.3. The zero-order valence-corrected chi connectivity index (χ0v) is 13.0. The Morgan fingerprint density at radius 3 is 2.87 bits per heavy atom. The van der Waals surface area contributed by atoms with E-state index in [4.69, 9.17) is 0 Å². The fourth-order valence-corrected chi connectivity index (χ4v) is 4.03. The normalized spacial score (nSPS) is 29.1. The lowest BCUT2D eigenvalue weighted by Crippen LogP contribution is -2.43. The van der Waals surface area contributed by atoms with Gasteiger partial charge in [-0.15, -0.1) is 0 Å². The van der Waals surface area contributed by atoms with Crippen LogP contribution >= 0.6 is 0 Å². The topological polar surface area (TPSA) is 35.6 Å². The van der Waals surface area contributed by atoms with Crippen LogP contribution in [0.15, 0.2) is 24.3 Å². The smallest absolute Gasteiger partial charge is 0.267 e. The monoisotopic (exact) mass is 321 g/mol. The van der Waals surface area contributed by atoms with Crippen LogP contribution in [0.5, 0.6) is 0 Å². The Kier molecular flexibility index (Phi) is 3.52. The first kappa shape index (κ1) is 14.9. The molecule has 3 aliphatic heterocycles. The van der Waals surface area contributed by atoms with Crippen molar-refractivity contribution < 1.29 is 13.6 Å². The van der Waals surface area contributed by atoms with Gasteiger partial charge in [0.1, 0.15) is 0 Å². The SMILES string of the molecule is O=C([C@@H]1C[C@H](N2CCc3ccccc32)CN1)N1CCC(F)(F)C1. The number of rotatable bonds is 2. The lowest BCUT2D eigenvalue weighted by Gasteiger charge is -2.26. The molecule has 0 spiro atoms. The Morgan fingerprint density at radius 2 is 2.09 bits per heavy atom. The van der Waals surface area contributed by atoms with Gasteiger partial charge in [-0.2, -0.15) is 0 Å². The Bertz CT molecular complexity index is 622. The fourth-order valence-electron chi connectivity index (χ4n) is 4.03. The molecule has 0 saturated carbocycles. The third-order valence-corrected chi connectivity index (χ3v) is 5.25. The maximum absolute atomic E-state index is 13.3. The molecular formula is C17H21F2N3O. The van der Waals surface area contributed by atoms with Crippen molar-refractivity contribution in [2.75, 3.05) is 31.1 Å². The zero-order chi connectivity index (χ0) is 16.0. The number of likely N-dealkylation sites (tertiary alicyclic amines) is 1. The van der Waals surface area contributed by atoms with Crippen LogP contribution in [0.3, 0.4) is 0 Å². The number of hydrogen-bond donors (Lipinski definition) is 1. The highest BCUT2D eigenvalue weighted by molar-refractivity contribution is 5.83. The first-order valence-electron chi connectivity index (χ1n) is 8.28. The second-order valence-corrected chi connectivity index (χ2v) is 6.79. The van der Waals surface area contributed by atoms with Gasteiger partial charge in [0.15, 0.2) is 0 Å². The molecule has 2 atom stereocenters. The van der Waals surface area contributed by atoms with E-state index in [2.05, 4.69) is 28.4 Å². The number of hydrogen-bond acceptors (Lipinski definition) is 3. The van der Waals surface area contributed by atoms with Gasteiger partial charge >= 0.3 is 0 Å². The first-order chi connectivity index (χ1) is 11.0. The van der Waals surface area contributed by atoms with E-state index in [-0.39, 0.29) is 31.0 Å². The van der Waals surface area contributed by atoms with Gasteiger partial charge in [-0.25, -0.2) is 8.78 Å². The molecule has 1 N–H and O–H groups in total. The standard InChI is InChI=1S/C17H21F2N3O/c18-17(19)6-8-21(11-17)16(23)14-9-13(10-20-14)22-7-5-12-3-1-2-4-15(12)22/h1-4,13-14,20H,5-11H2/t13-,14-/m0/s1. The number of nitrogens with one attached hydrogen (secondary N) is 1. The molecule has 1 aromatic carbocycles. The van der Waals surface area contributed by atoms with Gasteiger partial charge in [0.05, 0.1) is 12.6 Å². The summed E-state index contributed by atoms with van der Waals surface area (Å²) >= 11 is 0. The summed E-state index contributed by atoms with van der Waals surface area (Å²) in [5.74, 6) is -2.89. The second kappa shape index (κ2) is 5.44. The minimum absolute atomic E-state index is 0.168. The summed E-state index contributed by atoms with van der Waals surface area (Å²) in [5, 5.41) is 3.24. The van der Waals surface area contributed by atoms with E-state index in [0.29, 0.717) is 6.42 Å². The van der Waals surface area contributed by atoms with Crippen LogP contribution in [0.4, 0.5) is 14.5 Å². The number of halogens is 2. The van der Waals surface area contributed by atoms with Crippen molar-refractivity contribution in [2.45, 2.75) is 37.3 Å². The Balaban J connectivity index is 1.41. The summed E-state index contributed by atoms with van der Waals surface area (Å²) in [5.41, 5.74) is 2.60. The Hall–Kier alpha value is -1.69. The van der Waals surface area contributed by atoms with E-state index in [1.807, 2.05) is 6.07 Å². The van der Waals surface area contributed by atoms with Crippen molar-refractivity contribution >= 4 is 11.6 Å². The second-order valence-electron chi connectivity index (χ2n) is 6.79. The van der Waals surface area contributed by atoms with Gasteiger partial charge in [-0.3, -0.25) is 4.79 Å². The molecule has 124 valence electrons. The largest absolute Gasteiger partial charge is 0.367 e. The van der Waals surface area contributed by atoms with Crippen molar-refractivity contribution in [3.8, 4) is 0 Å². The van der Waals surface area contributed by atoms with Crippen LogP contribution in [-0.4, -0.2) is 55.0 Å². The molecule has 6 heteroatoms. The van der Waals surface area contributed by atoms with Gasteiger partial charge in [-0.05, 0) is 24.5 Å². The summed E-state index contributed by atoms with van der Waals surface area (Å²) < 4.78 is 26.6. The third kappa shape index (κ3) is 2.69. The van der Waals surface area contributed by atoms with E-state index < -0.39 is 12.5 Å². The molecule has 3 heterocycles. The number of carbonyl (C=O) groups excluding carboxylic acids is 1. The lowest BCUT2D eigenvalue weighted by atomic mass is 10.1. The number of benzene rings is 1. The molecule has 0 aliphatic carbocycles. The van der Waals surface area contributed by atoms with Crippen molar-refractivity contribution in [2.24, 2.45) is 0 Å². The molecule has 4 rings (SSSR count). The molecule has 0 unspecified atom stereocenters. The van der Waals surface area contributed by atoms with Gasteiger partial charge < -0.3 is 15.1 Å². The van der Waals surface area contributed by atoms with Gasteiger partial charge in [-0.1, -0.05) is 18.2 Å². The van der Waals surface area contributed by atoms with Crippen LogP contribution < -0.4 is 10.2 Å². The summed E-state index contributed by atoms with van der Waals surface area (Å²) in [6.45, 7) is 1.44. The van der Waals surface area contributed by atoms with Crippen LogP contribution in [0.25, 0.3) is 0 Å². The molecule has 4 nitrogen and oxygen atoms in total. The van der Waals surface area contributed by atoms with Crippen molar-refractivity contribution in [3.63, 3.8) is 0 Å². The lowest BCUT2D eigenvalue weighted by molar-refractivity contribution is -0.133. The van der Waals surface area contributed by atoms with Crippen molar-refractivity contribution in [3.05, 3.63) is 29.8 Å². The minimum Gasteiger partial charge on any atom is -0.367 e. The number of fused-ring (bicyclic) bond motifs is 1. The highest BCUT2D eigenvalue weighted by Crippen LogP contribution is 2.32. The van der Waals surface area contributed by atoms with Crippen LogP contribution in [0, 0.1) is 0 Å². The quantitative estimate of drug-likeness (QED) is 0.900. The number of amides is 1. The van der Waals surface area contributed by atoms with E-state index in [1.54, 1.807) is 0 Å². The number of carbonyl (C=O) groups is 1. The zero-order valence-electron chi connectivity index (χ0n) is 13.0. The summed E-state index contributed by atoms with van der Waals surface area (Å²) in [4.78, 5) is 16.1. The molecule has 1 amide bonds. The molecule has 2 saturated heterocycles. The average molecular weight is 321 g/mol. The highest BCUT2D eigenvalue weighted by Gasteiger charge is 2.44. The minimum atomic E-state index is -2.72. The van der Waals surface area contributed by atoms with Crippen LogP contribution in [-0.2, 0) is 11.2 Å².